The van der Waals surface area contributed by atoms with E-state index >= 15 is 0 Å². The summed E-state index contributed by atoms with van der Waals surface area (Å²) in [6.07, 6.45) is 0.974. The van der Waals surface area contributed by atoms with E-state index in [-0.39, 0.29) is 24.9 Å². The maximum atomic E-state index is 14.2. The van der Waals surface area contributed by atoms with E-state index in [9.17, 15) is 14.0 Å². The fraction of sp³-hybridized carbons (Fsp3) is 0.500. The van der Waals surface area contributed by atoms with Gasteiger partial charge in [0.15, 0.2) is 6.29 Å². The zero-order chi connectivity index (χ0) is 24.3. The lowest BCUT2D eigenvalue weighted by molar-refractivity contribution is -0.146. The number of anilines is 1. The van der Waals surface area contributed by atoms with Crippen LogP contribution >= 0.6 is 0 Å². The first kappa shape index (κ1) is 25.7. The molecule has 0 saturated carbocycles. The van der Waals surface area contributed by atoms with E-state index in [1.807, 2.05) is 30.9 Å². The molecule has 1 fully saturated rings. The number of amides is 2. The van der Waals surface area contributed by atoms with Gasteiger partial charge in [0.05, 0.1) is 24.5 Å². The fourth-order valence-corrected chi connectivity index (χ4v) is 3.94. The van der Waals surface area contributed by atoms with Gasteiger partial charge >= 0.3 is 11.8 Å². The SMILES string of the molecule is CCOC(CNC(=O)C(=O)NCC(c1ccco1)N1CCN(c2ccccc2F)CC1)OCC. The molecule has 9 nitrogen and oxygen atoms in total. The average Bonchev–Trinajstić information content (AvgIpc) is 3.38. The van der Waals surface area contributed by atoms with Crippen LogP contribution in [0.1, 0.15) is 25.6 Å². The average molecular weight is 477 g/mol. The third-order valence-electron chi connectivity index (χ3n) is 5.62. The highest BCUT2D eigenvalue weighted by Gasteiger charge is 2.29. The molecule has 2 aromatic rings. The second-order valence-corrected chi connectivity index (χ2v) is 7.77. The standard InChI is InChI=1S/C24H33FN4O5/c1-3-32-22(33-4-2)17-27-24(31)23(30)26-16-20(21-10-7-15-34-21)29-13-11-28(12-14-29)19-9-6-5-8-18(19)25/h5-10,15,20,22H,3-4,11-14,16-17H2,1-2H3,(H,26,30)(H,27,31). The highest BCUT2D eigenvalue weighted by molar-refractivity contribution is 6.35. The normalized spacial score (nSPS) is 15.4. The molecule has 0 aliphatic carbocycles. The number of ether oxygens (including phenoxy) is 2. The summed E-state index contributed by atoms with van der Waals surface area (Å²) < 4.78 is 30.5. The van der Waals surface area contributed by atoms with Gasteiger partial charge < -0.3 is 29.4 Å². The maximum Gasteiger partial charge on any atom is 0.309 e. The molecular formula is C24H33FN4O5. The lowest BCUT2D eigenvalue weighted by atomic mass is 10.1. The Morgan fingerprint density at radius 2 is 1.62 bits per heavy atom. The molecule has 1 unspecified atom stereocenters. The largest absolute Gasteiger partial charge is 0.468 e. The van der Waals surface area contributed by atoms with Crippen LogP contribution < -0.4 is 15.5 Å². The number of benzene rings is 1. The molecule has 1 saturated heterocycles. The van der Waals surface area contributed by atoms with Crippen LogP contribution in [0, 0.1) is 5.82 Å². The first-order chi connectivity index (χ1) is 16.5. The van der Waals surface area contributed by atoms with Crippen molar-refractivity contribution in [3.8, 4) is 0 Å². The lowest BCUT2D eigenvalue weighted by Crippen LogP contribution is -2.51. The summed E-state index contributed by atoms with van der Waals surface area (Å²) in [6.45, 7) is 7.33. The summed E-state index contributed by atoms with van der Waals surface area (Å²) in [7, 11) is 0. The number of para-hydroxylation sites is 1. The summed E-state index contributed by atoms with van der Waals surface area (Å²) in [5, 5.41) is 5.24. The molecule has 1 aliphatic rings. The summed E-state index contributed by atoms with van der Waals surface area (Å²) in [6, 6.07) is 10.1. The number of hydrogen-bond acceptors (Lipinski definition) is 7. The van der Waals surface area contributed by atoms with Crippen molar-refractivity contribution in [3.05, 3.63) is 54.2 Å². The van der Waals surface area contributed by atoms with Crippen LogP contribution in [0.5, 0.6) is 0 Å². The van der Waals surface area contributed by atoms with Crippen molar-refractivity contribution in [2.24, 2.45) is 0 Å². The summed E-state index contributed by atoms with van der Waals surface area (Å²) in [5.41, 5.74) is 0.582. The highest BCUT2D eigenvalue weighted by atomic mass is 19.1. The van der Waals surface area contributed by atoms with Gasteiger partial charge in [0.2, 0.25) is 0 Å². The summed E-state index contributed by atoms with van der Waals surface area (Å²) in [5.74, 6) is -1.05. The van der Waals surface area contributed by atoms with Crippen molar-refractivity contribution in [2.45, 2.75) is 26.2 Å². The number of rotatable bonds is 11. The first-order valence-corrected chi connectivity index (χ1v) is 11.6. The molecule has 0 bridgehead atoms. The van der Waals surface area contributed by atoms with Gasteiger partial charge in [-0.05, 0) is 38.1 Å². The third-order valence-corrected chi connectivity index (χ3v) is 5.62. The quantitative estimate of drug-likeness (QED) is 0.378. The van der Waals surface area contributed by atoms with Gasteiger partial charge in [-0.15, -0.1) is 0 Å². The van der Waals surface area contributed by atoms with Crippen molar-refractivity contribution < 1.29 is 27.9 Å². The molecule has 34 heavy (non-hydrogen) atoms. The van der Waals surface area contributed by atoms with Crippen LogP contribution in [-0.2, 0) is 19.1 Å². The Morgan fingerprint density at radius 1 is 0.971 bits per heavy atom. The summed E-state index contributed by atoms with van der Waals surface area (Å²) in [4.78, 5) is 28.8. The molecule has 2 N–H and O–H groups in total. The number of piperazine rings is 1. The Labute approximate surface area is 199 Å². The molecule has 1 aromatic carbocycles. The van der Waals surface area contributed by atoms with Crippen LogP contribution in [-0.4, -0.2) is 75.5 Å². The molecule has 0 spiro atoms. The second-order valence-electron chi connectivity index (χ2n) is 7.77. The molecular weight excluding hydrogens is 443 g/mol. The molecule has 1 aliphatic heterocycles. The second kappa shape index (κ2) is 13.1. The Balaban J connectivity index is 1.54. The van der Waals surface area contributed by atoms with E-state index in [1.54, 1.807) is 24.5 Å². The van der Waals surface area contributed by atoms with E-state index in [1.165, 1.54) is 6.07 Å². The molecule has 0 radical (unpaired) electrons. The van der Waals surface area contributed by atoms with Gasteiger partial charge in [0, 0.05) is 45.9 Å². The number of carbonyl (C=O) groups is 2. The number of nitrogens with one attached hydrogen (secondary N) is 2. The van der Waals surface area contributed by atoms with Gasteiger partial charge in [-0.2, -0.15) is 0 Å². The van der Waals surface area contributed by atoms with Crippen molar-refractivity contribution in [1.82, 2.24) is 15.5 Å². The number of nitrogens with zero attached hydrogens (tertiary/aromatic N) is 2. The third kappa shape index (κ3) is 7.02. The minimum absolute atomic E-state index is 0.0769. The van der Waals surface area contributed by atoms with Gasteiger partial charge in [-0.3, -0.25) is 14.5 Å². The lowest BCUT2D eigenvalue weighted by Gasteiger charge is -2.39. The van der Waals surface area contributed by atoms with Gasteiger partial charge in [-0.1, -0.05) is 12.1 Å². The molecule has 186 valence electrons. The number of halogens is 1. The van der Waals surface area contributed by atoms with E-state index in [0.717, 1.165) is 0 Å². The number of furan rings is 1. The van der Waals surface area contributed by atoms with Crippen molar-refractivity contribution >= 4 is 17.5 Å². The van der Waals surface area contributed by atoms with Crippen molar-refractivity contribution in [2.75, 3.05) is 57.4 Å². The molecule has 3 rings (SSSR count). The molecule has 2 heterocycles. The zero-order valence-corrected chi connectivity index (χ0v) is 19.7. The van der Waals surface area contributed by atoms with Gasteiger partial charge in [0.1, 0.15) is 11.6 Å². The predicted molar refractivity (Wildman–Crippen MR) is 125 cm³/mol. The van der Waals surface area contributed by atoms with Crippen LogP contribution in [0.25, 0.3) is 0 Å². The number of carbonyl (C=O) groups excluding carboxylic acids is 2. The Morgan fingerprint density at radius 3 is 2.21 bits per heavy atom. The van der Waals surface area contributed by atoms with E-state index < -0.39 is 18.1 Å². The van der Waals surface area contributed by atoms with Crippen molar-refractivity contribution in [1.29, 1.82) is 0 Å². The molecule has 1 atom stereocenters. The van der Waals surface area contributed by atoms with Crippen LogP contribution in [0.2, 0.25) is 0 Å². The zero-order valence-electron chi connectivity index (χ0n) is 19.7. The number of hydrogen-bond donors (Lipinski definition) is 2. The van der Waals surface area contributed by atoms with Crippen LogP contribution in [0.15, 0.2) is 47.1 Å². The predicted octanol–water partition coefficient (Wildman–Crippen LogP) is 1.91. The maximum absolute atomic E-state index is 14.2. The van der Waals surface area contributed by atoms with Gasteiger partial charge in [0.25, 0.3) is 0 Å². The van der Waals surface area contributed by atoms with Gasteiger partial charge in [-0.25, -0.2) is 4.39 Å². The monoisotopic (exact) mass is 476 g/mol. The first-order valence-electron chi connectivity index (χ1n) is 11.6. The van der Waals surface area contributed by atoms with Crippen LogP contribution in [0.3, 0.4) is 0 Å². The topological polar surface area (TPSA) is 96.3 Å². The molecule has 10 heteroatoms. The van der Waals surface area contributed by atoms with E-state index in [4.69, 9.17) is 13.9 Å². The fourth-order valence-electron chi connectivity index (χ4n) is 3.94. The van der Waals surface area contributed by atoms with E-state index in [2.05, 4.69) is 15.5 Å². The Bertz CT molecular complexity index is 897. The van der Waals surface area contributed by atoms with Crippen molar-refractivity contribution in [3.63, 3.8) is 0 Å². The minimum atomic E-state index is -0.757. The summed E-state index contributed by atoms with van der Waals surface area (Å²) >= 11 is 0. The molecule has 2 amide bonds. The highest BCUT2D eigenvalue weighted by Crippen LogP contribution is 2.25. The minimum Gasteiger partial charge on any atom is -0.468 e. The Hall–Kier alpha value is -2.95. The van der Waals surface area contributed by atoms with Crippen LogP contribution in [0.4, 0.5) is 10.1 Å². The smallest absolute Gasteiger partial charge is 0.309 e. The van der Waals surface area contributed by atoms with E-state index in [0.29, 0.717) is 50.8 Å². The molecule has 1 aromatic heterocycles. The Kier molecular flexibility index (Phi) is 9.87.